The summed E-state index contributed by atoms with van der Waals surface area (Å²) in [4.78, 5) is 3.05. The predicted octanol–water partition coefficient (Wildman–Crippen LogP) is 11.1. The molecule has 0 fully saturated rings. The molecular formula is C28H20S6. The minimum Gasteiger partial charge on any atom is -0.156 e. The van der Waals surface area contributed by atoms with Crippen LogP contribution in [0.1, 0.15) is 22.6 Å². The quantitative estimate of drug-likeness (QED) is 0.185. The second kappa shape index (κ2) is 8.12. The molecule has 8 rings (SSSR count). The summed E-state index contributed by atoms with van der Waals surface area (Å²) in [5.74, 6) is 4.82. The van der Waals surface area contributed by atoms with Crippen molar-refractivity contribution in [2.24, 2.45) is 0 Å². The fourth-order valence-electron chi connectivity index (χ4n) is 5.34. The number of hydrogen-bond acceptors (Lipinski definition) is 6. The predicted molar refractivity (Wildman–Crippen MR) is 165 cm³/mol. The molecule has 1 aliphatic rings. The van der Waals surface area contributed by atoms with E-state index in [2.05, 4.69) is 72.1 Å². The molecule has 4 bridgehead atoms. The summed E-state index contributed by atoms with van der Waals surface area (Å²) in [6, 6.07) is 19.2. The zero-order valence-corrected chi connectivity index (χ0v) is 23.2. The first-order chi connectivity index (χ1) is 16.8. The van der Waals surface area contributed by atoms with Gasteiger partial charge in [-0.25, -0.2) is 0 Å². The fraction of sp³-hybridized carbons (Fsp3) is 0.214. The van der Waals surface area contributed by atoms with Gasteiger partial charge in [-0.15, -0.1) is 45.3 Å². The van der Waals surface area contributed by atoms with Gasteiger partial charge < -0.3 is 0 Å². The highest BCUT2D eigenvalue weighted by Crippen LogP contribution is 2.49. The molecule has 0 aliphatic carbocycles. The van der Waals surface area contributed by atoms with Gasteiger partial charge in [-0.1, -0.05) is 0 Å². The highest BCUT2D eigenvalue weighted by atomic mass is 32.2. The standard InChI is InChI=1S/C28H20S6/c1-2-10-30-14-16-12-18-20(32-16)4-6-22-26(18)28-24(34-22)8-7-23-27(28)25-17-11-15(13-29-9-1)31-19(17)3-5-21(25)33-23/h3-8,11-12H,1-2,9-10,13-14H2. The molecule has 0 saturated carbocycles. The summed E-state index contributed by atoms with van der Waals surface area (Å²) in [7, 11) is 0. The largest absolute Gasteiger partial charge is 0.156 e. The molecule has 5 heterocycles. The Labute approximate surface area is 222 Å². The summed E-state index contributed by atoms with van der Waals surface area (Å²) >= 11 is 12.2. The van der Waals surface area contributed by atoms with Crippen LogP contribution in [0, 0.1) is 0 Å². The van der Waals surface area contributed by atoms with E-state index in [1.165, 1.54) is 94.6 Å². The molecule has 34 heavy (non-hydrogen) atoms. The third kappa shape index (κ3) is 3.16. The summed E-state index contributed by atoms with van der Waals surface area (Å²) in [6.45, 7) is 0. The number of rotatable bonds is 0. The Bertz CT molecular complexity index is 1740. The minimum absolute atomic E-state index is 1.14. The van der Waals surface area contributed by atoms with Gasteiger partial charge >= 0.3 is 0 Å². The van der Waals surface area contributed by atoms with E-state index in [4.69, 9.17) is 0 Å². The first-order valence-corrected chi connectivity index (χ1v) is 17.2. The lowest BCUT2D eigenvalue weighted by molar-refractivity contribution is 0.907. The Morgan fingerprint density at radius 2 is 0.853 bits per heavy atom. The second-order valence-corrected chi connectivity index (χ2v) is 15.7. The van der Waals surface area contributed by atoms with Crippen LogP contribution >= 0.6 is 68.9 Å². The Morgan fingerprint density at radius 3 is 1.32 bits per heavy atom. The average Bonchev–Trinajstić information content (AvgIpc) is 3.59. The van der Waals surface area contributed by atoms with E-state index in [1.807, 2.05) is 45.3 Å². The lowest BCUT2D eigenvalue weighted by Crippen LogP contribution is -1.85. The molecule has 1 aliphatic heterocycles. The molecule has 6 heteroatoms. The van der Waals surface area contributed by atoms with E-state index in [1.54, 1.807) is 0 Å². The number of hydrogen-bond donors (Lipinski definition) is 0. The number of thioether (sulfide) groups is 2. The average molecular weight is 549 g/mol. The molecule has 0 nitrogen and oxygen atoms in total. The highest BCUT2D eigenvalue weighted by molar-refractivity contribution is 7.99. The number of thiophene rings is 4. The molecular weight excluding hydrogens is 529 g/mol. The van der Waals surface area contributed by atoms with Crippen LogP contribution in [0.3, 0.4) is 0 Å². The summed E-state index contributed by atoms with van der Waals surface area (Å²) in [6.07, 6.45) is 2.65. The smallest absolute Gasteiger partial charge is 0.0362 e. The molecule has 0 atom stereocenters. The lowest BCUT2D eigenvalue weighted by atomic mass is 10.0. The van der Waals surface area contributed by atoms with Crippen LogP contribution in [0.4, 0.5) is 0 Å². The van der Waals surface area contributed by atoms with E-state index in [-0.39, 0.29) is 0 Å². The molecule has 0 amide bonds. The maximum absolute atomic E-state index is 2.51. The van der Waals surface area contributed by atoms with Gasteiger partial charge in [-0.05, 0) is 72.9 Å². The SMILES string of the molecule is c1cc2sc3ccc4sc5ccc6sc7cc6c5c4c3c2c2cc(sc12)CSCCCCSC7. The van der Waals surface area contributed by atoms with Gasteiger partial charge in [0.05, 0.1) is 0 Å². The van der Waals surface area contributed by atoms with Crippen molar-refractivity contribution in [1.29, 1.82) is 0 Å². The van der Waals surface area contributed by atoms with Crippen molar-refractivity contribution in [2.45, 2.75) is 24.3 Å². The second-order valence-electron chi connectivity index (χ2n) is 8.95. The van der Waals surface area contributed by atoms with Crippen molar-refractivity contribution in [1.82, 2.24) is 0 Å². The molecule has 3 aromatic carbocycles. The van der Waals surface area contributed by atoms with Gasteiger partial charge in [0.25, 0.3) is 0 Å². The summed E-state index contributed by atoms with van der Waals surface area (Å²) < 4.78 is 8.59. The number of benzene rings is 3. The first-order valence-electron chi connectivity index (χ1n) is 11.6. The van der Waals surface area contributed by atoms with Crippen LogP contribution in [0.2, 0.25) is 0 Å². The van der Waals surface area contributed by atoms with Crippen LogP contribution in [0.25, 0.3) is 60.5 Å². The molecule has 0 N–H and O–H groups in total. The monoisotopic (exact) mass is 548 g/mol. The van der Waals surface area contributed by atoms with Crippen LogP contribution in [-0.2, 0) is 11.5 Å². The third-order valence-corrected chi connectivity index (χ3v) is 13.8. The van der Waals surface area contributed by atoms with Crippen molar-refractivity contribution in [3.05, 3.63) is 58.3 Å². The maximum Gasteiger partial charge on any atom is 0.0362 e. The topological polar surface area (TPSA) is 0 Å². The highest BCUT2D eigenvalue weighted by Gasteiger charge is 2.19. The fourth-order valence-corrected chi connectivity index (χ4v) is 12.0. The molecule has 0 radical (unpaired) electrons. The number of fused-ring (bicyclic) bond motifs is 2. The van der Waals surface area contributed by atoms with Gasteiger partial charge in [-0.3, -0.25) is 0 Å². The van der Waals surface area contributed by atoms with Gasteiger partial charge in [-0.2, -0.15) is 23.5 Å². The first kappa shape index (κ1) is 20.9. The van der Waals surface area contributed by atoms with Crippen molar-refractivity contribution in [3.8, 4) is 0 Å². The molecule has 0 saturated heterocycles. The molecule has 0 spiro atoms. The van der Waals surface area contributed by atoms with Crippen molar-refractivity contribution < 1.29 is 0 Å². The zero-order chi connectivity index (χ0) is 22.2. The van der Waals surface area contributed by atoms with E-state index in [9.17, 15) is 0 Å². The van der Waals surface area contributed by atoms with E-state index >= 15 is 0 Å². The Morgan fingerprint density at radius 1 is 0.441 bits per heavy atom. The third-order valence-electron chi connectivity index (χ3n) is 6.81. The minimum atomic E-state index is 1.14. The Hall–Kier alpha value is -1.28. The van der Waals surface area contributed by atoms with E-state index in [0.717, 1.165) is 11.5 Å². The maximum atomic E-state index is 2.51. The van der Waals surface area contributed by atoms with Gasteiger partial charge in [0.15, 0.2) is 0 Å². The molecule has 4 aromatic heterocycles. The van der Waals surface area contributed by atoms with E-state index in [0.29, 0.717) is 0 Å². The molecule has 7 aromatic rings. The van der Waals surface area contributed by atoms with Gasteiger partial charge in [0.1, 0.15) is 0 Å². The normalized spacial score (nSPS) is 15.9. The molecule has 168 valence electrons. The lowest BCUT2D eigenvalue weighted by Gasteiger charge is -2.01. The zero-order valence-electron chi connectivity index (χ0n) is 18.3. The van der Waals surface area contributed by atoms with Crippen LogP contribution in [0.15, 0.2) is 48.5 Å². The molecule has 0 unspecified atom stereocenters. The summed E-state index contributed by atoms with van der Waals surface area (Å²) in [5.41, 5.74) is 0. The Balaban J connectivity index is 1.54. The van der Waals surface area contributed by atoms with Crippen LogP contribution in [0.5, 0.6) is 0 Å². The summed E-state index contributed by atoms with van der Waals surface area (Å²) in [5, 5.41) is 8.88. The van der Waals surface area contributed by atoms with Gasteiger partial charge in [0, 0.05) is 81.8 Å². The van der Waals surface area contributed by atoms with Crippen molar-refractivity contribution in [3.63, 3.8) is 0 Å². The Kier molecular flexibility index (Phi) is 4.98. The van der Waals surface area contributed by atoms with Gasteiger partial charge in [0.2, 0.25) is 0 Å². The van der Waals surface area contributed by atoms with E-state index < -0.39 is 0 Å². The van der Waals surface area contributed by atoms with Crippen LogP contribution in [-0.4, -0.2) is 11.5 Å². The van der Waals surface area contributed by atoms with Crippen molar-refractivity contribution >= 4 is 129 Å². The van der Waals surface area contributed by atoms with Crippen LogP contribution < -0.4 is 0 Å². The van der Waals surface area contributed by atoms with Crippen molar-refractivity contribution in [2.75, 3.05) is 11.5 Å².